The molecule has 0 fully saturated rings. The number of hydrogen-bond acceptors (Lipinski definition) is 7. The maximum Gasteiger partial charge on any atom is 0.282 e. The molecule has 0 saturated carbocycles. The van der Waals surface area contributed by atoms with E-state index in [0.29, 0.717) is 12.2 Å². The molecule has 0 unspecified atom stereocenters. The molecule has 2 aromatic carbocycles. The zero-order valence-electron chi connectivity index (χ0n) is 14.2. The average Bonchev–Trinajstić information content (AvgIpc) is 3.00. The number of rotatable bonds is 6. The molecule has 0 aliphatic rings. The number of nitrogens with zero attached hydrogens (tertiary/aromatic N) is 4. The van der Waals surface area contributed by atoms with E-state index in [1.54, 1.807) is 0 Å². The first-order valence-corrected chi connectivity index (χ1v) is 8.20. The highest BCUT2D eigenvalue weighted by atomic mass is 32.1. The van der Waals surface area contributed by atoms with Crippen LogP contribution in [0.15, 0.2) is 47.6 Å². The fraction of sp³-hybridized carbons (Fsp3) is 0.118. The van der Waals surface area contributed by atoms with Crippen molar-refractivity contribution in [2.45, 2.75) is 6.42 Å². The molecule has 1 aromatic heterocycles. The van der Waals surface area contributed by atoms with Crippen molar-refractivity contribution in [1.29, 1.82) is 0 Å². The molecular weight excluding hydrogens is 370 g/mol. The molecule has 0 atom stereocenters. The van der Waals surface area contributed by atoms with Gasteiger partial charge in [0.1, 0.15) is 0 Å². The second-order valence-corrected chi connectivity index (χ2v) is 5.89. The lowest BCUT2D eigenvalue weighted by Gasteiger charge is -2.05. The Morgan fingerprint density at radius 2 is 2.15 bits per heavy atom. The first kappa shape index (κ1) is 18.3. The van der Waals surface area contributed by atoms with E-state index in [4.69, 9.17) is 17.0 Å². The number of benzene rings is 2. The van der Waals surface area contributed by atoms with Gasteiger partial charge in [0.2, 0.25) is 4.77 Å². The van der Waals surface area contributed by atoms with Gasteiger partial charge in [-0.25, -0.2) is 0 Å². The number of nitrogens with one attached hydrogen (secondary N) is 1. The van der Waals surface area contributed by atoms with Crippen molar-refractivity contribution in [2.75, 3.05) is 7.11 Å². The summed E-state index contributed by atoms with van der Waals surface area (Å²) in [6.45, 7) is 0. The van der Waals surface area contributed by atoms with Crippen molar-refractivity contribution in [3.8, 4) is 11.5 Å². The summed E-state index contributed by atoms with van der Waals surface area (Å²) in [6, 6.07) is 12.0. The SMILES string of the molecule is COc1cc([N+](=O)[O-])c(/C=N\n2c(Cc3ccccc3)n[nH]c2=S)cc1O. The predicted molar refractivity (Wildman–Crippen MR) is 101 cm³/mol. The van der Waals surface area contributed by atoms with Gasteiger partial charge in [0, 0.05) is 6.42 Å². The molecule has 0 amide bonds. The van der Waals surface area contributed by atoms with Crippen LogP contribution in [0.3, 0.4) is 0 Å². The Bertz CT molecular complexity index is 1060. The molecule has 27 heavy (non-hydrogen) atoms. The van der Waals surface area contributed by atoms with E-state index in [-0.39, 0.29) is 27.5 Å². The van der Waals surface area contributed by atoms with Gasteiger partial charge in [0.15, 0.2) is 17.3 Å². The number of H-pyrrole nitrogens is 1. The Labute approximate surface area is 158 Å². The molecule has 9 nitrogen and oxygen atoms in total. The number of methoxy groups -OCH3 is 1. The van der Waals surface area contributed by atoms with Gasteiger partial charge in [-0.1, -0.05) is 30.3 Å². The molecule has 10 heteroatoms. The van der Waals surface area contributed by atoms with Gasteiger partial charge in [-0.15, -0.1) is 0 Å². The number of phenolic OH excluding ortho intramolecular Hbond substituents is 1. The van der Waals surface area contributed by atoms with Crippen LogP contribution in [-0.2, 0) is 6.42 Å². The summed E-state index contributed by atoms with van der Waals surface area (Å²) in [5, 5.41) is 32.2. The van der Waals surface area contributed by atoms with E-state index in [9.17, 15) is 15.2 Å². The minimum absolute atomic E-state index is 0.00328. The third-order valence-electron chi connectivity index (χ3n) is 3.76. The van der Waals surface area contributed by atoms with Crippen molar-refractivity contribution >= 4 is 24.1 Å². The second kappa shape index (κ2) is 7.79. The summed E-state index contributed by atoms with van der Waals surface area (Å²) < 4.78 is 6.54. The fourth-order valence-corrected chi connectivity index (χ4v) is 2.65. The standard InChI is InChI=1S/C17H15N5O4S/c1-26-15-9-13(22(24)25)12(8-14(15)23)10-18-21-16(19-20-17(21)27)7-11-5-3-2-4-6-11/h2-6,8-10,23H,7H2,1H3,(H,20,27)/b18-10-. The van der Waals surface area contributed by atoms with Gasteiger partial charge in [0.25, 0.3) is 5.69 Å². The summed E-state index contributed by atoms with van der Waals surface area (Å²) in [5.41, 5.74) is 0.858. The van der Waals surface area contributed by atoms with Crippen molar-refractivity contribution in [3.63, 3.8) is 0 Å². The molecular formula is C17H15N5O4S. The Hall–Kier alpha value is -3.53. The third-order valence-corrected chi connectivity index (χ3v) is 4.02. The van der Waals surface area contributed by atoms with E-state index < -0.39 is 4.92 Å². The van der Waals surface area contributed by atoms with Crippen LogP contribution >= 0.6 is 12.2 Å². The summed E-state index contributed by atoms with van der Waals surface area (Å²) in [6.07, 6.45) is 1.72. The number of ether oxygens (including phenoxy) is 1. The lowest BCUT2D eigenvalue weighted by Crippen LogP contribution is -2.02. The van der Waals surface area contributed by atoms with E-state index in [0.717, 1.165) is 11.6 Å². The molecule has 138 valence electrons. The number of aromatic hydroxyl groups is 1. The maximum absolute atomic E-state index is 11.3. The number of nitro benzene ring substituents is 1. The summed E-state index contributed by atoms with van der Waals surface area (Å²) in [4.78, 5) is 10.7. The minimum Gasteiger partial charge on any atom is -0.504 e. The molecule has 2 N–H and O–H groups in total. The normalized spacial score (nSPS) is 11.0. The van der Waals surface area contributed by atoms with Crippen LogP contribution in [0.5, 0.6) is 11.5 Å². The van der Waals surface area contributed by atoms with Crippen LogP contribution in [-0.4, -0.2) is 38.2 Å². The average molecular weight is 385 g/mol. The Morgan fingerprint density at radius 3 is 2.81 bits per heavy atom. The monoisotopic (exact) mass is 385 g/mol. The largest absolute Gasteiger partial charge is 0.504 e. The fourth-order valence-electron chi connectivity index (χ4n) is 2.45. The van der Waals surface area contributed by atoms with E-state index in [1.807, 2.05) is 30.3 Å². The summed E-state index contributed by atoms with van der Waals surface area (Å²) in [5.74, 6) is 0.316. The highest BCUT2D eigenvalue weighted by Gasteiger charge is 2.18. The van der Waals surface area contributed by atoms with Crippen molar-refractivity contribution < 1.29 is 14.8 Å². The number of hydrogen-bond donors (Lipinski definition) is 2. The first-order chi connectivity index (χ1) is 13.0. The van der Waals surface area contributed by atoms with Crippen LogP contribution in [0.2, 0.25) is 0 Å². The Balaban J connectivity index is 1.98. The molecule has 0 aliphatic carbocycles. The highest BCUT2D eigenvalue weighted by Crippen LogP contribution is 2.32. The van der Waals surface area contributed by atoms with Gasteiger partial charge in [-0.2, -0.15) is 14.9 Å². The van der Waals surface area contributed by atoms with E-state index >= 15 is 0 Å². The summed E-state index contributed by atoms with van der Waals surface area (Å²) in [7, 11) is 1.31. The predicted octanol–water partition coefficient (Wildman–Crippen LogP) is 3.04. The minimum atomic E-state index is -0.581. The molecule has 3 aromatic rings. The van der Waals surface area contributed by atoms with Crippen molar-refractivity contribution in [1.82, 2.24) is 14.9 Å². The van der Waals surface area contributed by atoms with Gasteiger partial charge in [0.05, 0.1) is 29.9 Å². The molecule has 0 bridgehead atoms. The van der Waals surface area contributed by atoms with Crippen LogP contribution in [0.1, 0.15) is 17.0 Å². The van der Waals surface area contributed by atoms with E-state index in [1.165, 1.54) is 24.1 Å². The van der Waals surface area contributed by atoms with Gasteiger partial charge >= 0.3 is 0 Å². The van der Waals surface area contributed by atoms with Crippen LogP contribution in [0, 0.1) is 14.9 Å². The molecule has 0 spiro atoms. The molecule has 3 rings (SSSR count). The smallest absolute Gasteiger partial charge is 0.282 e. The Morgan fingerprint density at radius 1 is 1.41 bits per heavy atom. The number of nitro groups is 1. The maximum atomic E-state index is 11.3. The van der Waals surface area contributed by atoms with E-state index in [2.05, 4.69) is 15.3 Å². The van der Waals surface area contributed by atoms with Crippen molar-refractivity contribution in [2.24, 2.45) is 5.10 Å². The molecule has 0 saturated heterocycles. The first-order valence-electron chi connectivity index (χ1n) is 7.79. The lowest BCUT2D eigenvalue weighted by atomic mass is 10.1. The van der Waals surface area contributed by atoms with Crippen LogP contribution in [0.4, 0.5) is 5.69 Å². The lowest BCUT2D eigenvalue weighted by molar-refractivity contribution is -0.385. The molecule has 1 heterocycles. The number of phenols is 1. The third kappa shape index (κ3) is 4.01. The zero-order chi connectivity index (χ0) is 19.4. The van der Waals surface area contributed by atoms with Gasteiger partial charge in [-0.3, -0.25) is 15.2 Å². The summed E-state index contributed by atoms with van der Waals surface area (Å²) >= 11 is 5.18. The molecule has 0 radical (unpaired) electrons. The molecule has 0 aliphatic heterocycles. The van der Waals surface area contributed by atoms with Crippen LogP contribution in [0.25, 0.3) is 0 Å². The highest BCUT2D eigenvalue weighted by molar-refractivity contribution is 7.71. The zero-order valence-corrected chi connectivity index (χ0v) is 15.0. The second-order valence-electron chi connectivity index (χ2n) is 5.50. The number of aromatic amines is 1. The topological polar surface area (TPSA) is 119 Å². The van der Waals surface area contributed by atoms with Gasteiger partial charge < -0.3 is 9.84 Å². The quantitative estimate of drug-likeness (QED) is 0.291. The van der Waals surface area contributed by atoms with Crippen molar-refractivity contribution in [3.05, 3.63) is 74.3 Å². The van der Waals surface area contributed by atoms with Gasteiger partial charge in [-0.05, 0) is 23.8 Å². The van der Waals surface area contributed by atoms with Crippen LogP contribution < -0.4 is 4.74 Å². The number of aromatic nitrogens is 3. The Kier molecular flexibility index (Phi) is 5.27.